The van der Waals surface area contributed by atoms with Crippen molar-refractivity contribution >= 4 is 34.6 Å². The molecule has 2 heterocycles. The molecule has 0 saturated carbocycles. The van der Waals surface area contributed by atoms with Gasteiger partial charge in [-0.2, -0.15) is 0 Å². The largest absolute Gasteiger partial charge is 0.467 e. The minimum absolute atomic E-state index is 0.542. The average Bonchev–Trinajstić information content (AvgIpc) is 3.10. The normalized spacial score (nSPS) is 10.4. The van der Waals surface area contributed by atoms with E-state index < -0.39 is 0 Å². The zero-order chi connectivity index (χ0) is 16.8. The van der Waals surface area contributed by atoms with Crippen molar-refractivity contribution in [3.05, 3.63) is 83.5 Å². The lowest BCUT2D eigenvalue weighted by atomic mass is 10.3. The van der Waals surface area contributed by atoms with Crippen molar-refractivity contribution in [2.75, 3.05) is 5.32 Å². The first-order valence-corrected chi connectivity index (χ1v) is 8.24. The second-order valence-corrected chi connectivity index (χ2v) is 5.96. The fourth-order valence-electron chi connectivity index (χ4n) is 2.23. The Labute approximate surface area is 151 Å². The number of benzene rings is 1. The van der Waals surface area contributed by atoms with Crippen molar-refractivity contribution < 1.29 is 4.42 Å². The first-order chi connectivity index (χ1) is 11.7. The highest BCUT2D eigenvalue weighted by molar-refractivity contribution is 7.80. The highest BCUT2D eigenvalue weighted by Crippen LogP contribution is 2.21. The molecule has 24 heavy (non-hydrogen) atoms. The molecular weight excluding hydrogens is 342 g/mol. The van der Waals surface area contributed by atoms with Crippen LogP contribution in [0.1, 0.15) is 11.5 Å². The lowest BCUT2D eigenvalue weighted by Crippen LogP contribution is -2.34. The van der Waals surface area contributed by atoms with Crippen LogP contribution in [-0.4, -0.2) is 15.0 Å². The first kappa shape index (κ1) is 16.5. The third-order valence-electron chi connectivity index (χ3n) is 3.41. The number of thiocarbonyl (C=S) groups is 1. The van der Waals surface area contributed by atoms with E-state index in [-0.39, 0.29) is 0 Å². The number of hydrogen-bond acceptors (Lipinski definition) is 3. The lowest BCUT2D eigenvalue weighted by molar-refractivity contribution is 0.357. The molecule has 3 aromatic rings. The number of pyridine rings is 1. The Balaban J connectivity index is 1.77. The molecule has 4 nitrogen and oxygen atoms in total. The van der Waals surface area contributed by atoms with E-state index in [1.54, 1.807) is 12.5 Å². The maximum absolute atomic E-state index is 6.20. The predicted octanol–water partition coefficient (Wildman–Crippen LogP) is 4.73. The van der Waals surface area contributed by atoms with E-state index in [1.807, 2.05) is 59.5 Å². The van der Waals surface area contributed by atoms with Crippen LogP contribution in [0.2, 0.25) is 5.02 Å². The zero-order valence-corrected chi connectivity index (χ0v) is 14.4. The minimum Gasteiger partial charge on any atom is -0.467 e. The zero-order valence-electron chi connectivity index (χ0n) is 12.9. The van der Waals surface area contributed by atoms with Crippen molar-refractivity contribution in [2.45, 2.75) is 13.1 Å². The van der Waals surface area contributed by atoms with Gasteiger partial charge in [0, 0.05) is 6.20 Å². The molecule has 3 rings (SSSR count). The molecule has 0 atom stereocenters. The Morgan fingerprint density at radius 3 is 2.62 bits per heavy atom. The molecule has 2 aromatic heterocycles. The van der Waals surface area contributed by atoms with Crippen molar-refractivity contribution in [3.63, 3.8) is 0 Å². The minimum atomic E-state index is 0.542. The molecule has 0 amide bonds. The second-order valence-electron chi connectivity index (χ2n) is 5.17. The molecule has 122 valence electrons. The van der Waals surface area contributed by atoms with Crippen LogP contribution in [0.3, 0.4) is 0 Å². The summed E-state index contributed by atoms with van der Waals surface area (Å²) in [4.78, 5) is 6.36. The first-order valence-electron chi connectivity index (χ1n) is 7.45. The molecule has 0 spiro atoms. The van der Waals surface area contributed by atoms with E-state index in [1.165, 1.54) is 0 Å². The number of para-hydroxylation sites is 1. The molecule has 1 aromatic carbocycles. The SMILES string of the molecule is S=C(Nc1ccccc1Cl)N(Cc1ccccn1)Cc1ccco1. The molecule has 0 saturated heterocycles. The van der Waals surface area contributed by atoms with Gasteiger partial charge in [-0.1, -0.05) is 29.8 Å². The molecule has 0 radical (unpaired) electrons. The monoisotopic (exact) mass is 357 g/mol. The molecule has 0 bridgehead atoms. The number of rotatable bonds is 5. The van der Waals surface area contributed by atoms with E-state index in [0.717, 1.165) is 17.1 Å². The van der Waals surface area contributed by atoms with Crippen molar-refractivity contribution in [1.29, 1.82) is 0 Å². The van der Waals surface area contributed by atoms with Crippen LogP contribution >= 0.6 is 23.8 Å². The van der Waals surface area contributed by atoms with Gasteiger partial charge in [0.05, 0.1) is 35.8 Å². The third kappa shape index (κ3) is 4.34. The number of halogens is 1. The van der Waals surface area contributed by atoms with Crippen LogP contribution in [-0.2, 0) is 13.1 Å². The summed E-state index contributed by atoms with van der Waals surface area (Å²) in [5.41, 5.74) is 1.70. The molecule has 0 aliphatic carbocycles. The van der Waals surface area contributed by atoms with Gasteiger partial charge in [-0.15, -0.1) is 0 Å². The fraction of sp³-hybridized carbons (Fsp3) is 0.111. The standard InChI is InChI=1S/C18H16ClN3OS/c19-16-8-1-2-9-17(16)21-18(24)22(13-15-7-5-11-23-15)12-14-6-3-4-10-20-14/h1-11H,12-13H2,(H,21,24). The number of nitrogens with zero attached hydrogens (tertiary/aromatic N) is 2. The molecule has 0 unspecified atom stereocenters. The Hall–Kier alpha value is -2.37. The lowest BCUT2D eigenvalue weighted by Gasteiger charge is -2.25. The van der Waals surface area contributed by atoms with Crippen LogP contribution in [0.25, 0.3) is 0 Å². The maximum atomic E-state index is 6.20. The number of aromatic nitrogens is 1. The van der Waals surface area contributed by atoms with Crippen LogP contribution in [0.15, 0.2) is 71.5 Å². The van der Waals surface area contributed by atoms with Gasteiger partial charge in [0.15, 0.2) is 5.11 Å². The van der Waals surface area contributed by atoms with Gasteiger partial charge in [0.25, 0.3) is 0 Å². The Bertz CT molecular complexity index is 793. The maximum Gasteiger partial charge on any atom is 0.174 e. The van der Waals surface area contributed by atoms with Crippen LogP contribution in [0.4, 0.5) is 5.69 Å². The van der Waals surface area contributed by atoms with Crippen molar-refractivity contribution in [2.24, 2.45) is 0 Å². The summed E-state index contributed by atoms with van der Waals surface area (Å²) in [6.45, 7) is 1.11. The van der Waals surface area contributed by atoms with Crippen LogP contribution in [0.5, 0.6) is 0 Å². The summed E-state index contributed by atoms with van der Waals surface area (Å²) >= 11 is 11.8. The van der Waals surface area contributed by atoms with E-state index in [0.29, 0.717) is 23.2 Å². The van der Waals surface area contributed by atoms with E-state index in [9.17, 15) is 0 Å². The van der Waals surface area contributed by atoms with E-state index >= 15 is 0 Å². The number of furan rings is 1. The Kier molecular flexibility index (Phi) is 5.46. The second kappa shape index (κ2) is 7.95. The molecule has 6 heteroatoms. The number of nitrogens with one attached hydrogen (secondary N) is 1. The van der Waals surface area contributed by atoms with Gasteiger partial charge < -0.3 is 14.6 Å². The van der Waals surface area contributed by atoms with Gasteiger partial charge in [0.2, 0.25) is 0 Å². The summed E-state index contributed by atoms with van der Waals surface area (Å²) in [5.74, 6) is 0.828. The molecular formula is C18H16ClN3OS. The number of anilines is 1. The molecule has 1 N–H and O–H groups in total. The fourth-order valence-corrected chi connectivity index (χ4v) is 2.66. The quantitative estimate of drug-likeness (QED) is 0.669. The molecule has 0 fully saturated rings. The van der Waals surface area contributed by atoms with Gasteiger partial charge in [-0.05, 0) is 48.6 Å². The smallest absolute Gasteiger partial charge is 0.174 e. The third-order valence-corrected chi connectivity index (χ3v) is 4.10. The van der Waals surface area contributed by atoms with Gasteiger partial charge in [0.1, 0.15) is 5.76 Å². The summed E-state index contributed by atoms with van der Waals surface area (Å²) in [7, 11) is 0. The highest BCUT2D eigenvalue weighted by Gasteiger charge is 2.14. The summed E-state index contributed by atoms with van der Waals surface area (Å²) in [6, 6.07) is 17.1. The average molecular weight is 358 g/mol. The molecule has 0 aliphatic rings. The summed E-state index contributed by atoms with van der Waals surface area (Å²) in [5, 5.41) is 4.38. The summed E-state index contributed by atoms with van der Waals surface area (Å²) in [6.07, 6.45) is 3.42. The van der Waals surface area contributed by atoms with Crippen molar-refractivity contribution in [3.8, 4) is 0 Å². The van der Waals surface area contributed by atoms with Gasteiger partial charge in [-0.3, -0.25) is 4.98 Å². The van der Waals surface area contributed by atoms with Crippen LogP contribution in [0, 0.1) is 0 Å². The van der Waals surface area contributed by atoms with Gasteiger partial charge in [-0.25, -0.2) is 0 Å². The van der Waals surface area contributed by atoms with E-state index in [4.69, 9.17) is 28.2 Å². The van der Waals surface area contributed by atoms with E-state index in [2.05, 4.69) is 10.3 Å². The topological polar surface area (TPSA) is 41.3 Å². The summed E-state index contributed by atoms with van der Waals surface area (Å²) < 4.78 is 5.45. The Morgan fingerprint density at radius 1 is 1.08 bits per heavy atom. The molecule has 0 aliphatic heterocycles. The predicted molar refractivity (Wildman–Crippen MR) is 99.9 cm³/mol. The Morgan fingerprint density at radius 2 is 1.92 bits per heavy atom. The highest BCUT2D eigenvalue weighted by atomic mass is 35.5. The van der Waals surface area contributed by atoms with Crippen molar-refractivity contribution in [1.82, 2.24) is 9.88 Å². The van der Waals surface area contributed by atoms with Gasteiger partial charge >= 0.3 is 0 Å². The van der Waals surface area contributed by atoms with Crippen LogP contribution < -0.4 is 5.32 Å². The number of hydrogen-bond donors (Lipinski definition) is 1.